The molecule has 0 N–H and O–H groups in total. The molecule has 9 nitrogen and oxygen atoms in total. The Morgan fingerprint density at radius 3 is 2.90 bits per heavy atom. The zero-order valence-electron chi connectivity index (χ0n) is 16.1. The maximum atomic E-state index is 12.8. The van der Waals surface area contributed by atoms with E-state index in [0.717, 1.165) is 12.8 Å². The molecule has 0 aromatic carbocycles. The Morgan fingerprint density at radius 1 is 1.21 bits per heavy atom. The number of carbonyl (C=O) groups excluding carboxylic acids is 1. The first-order valence-corrected chi connectivity index (χ1v) is 9.76. The normalized spacial score (nSPS) is 24.6. The molecule has 1 amide bonds. The van der Waals surface area contributed by atoms with Crippen molar-refractivity contribution in [3.63, 3.8) is 0 Å². The topological polar surface area (TPSA) is 95.7 Å². The summed E-state index contributed by atoms with van der Waals surface area (Å²) in [5.74, 6) is -0.142. The number of carbonyl (C=O) groups is 1. The summed E-state index contributed by atoms with van der Waals surface area (Å²) >= 11 is 0. The van der Waals surface area contributed by atoms with Gasteiger partial charge in [0.05, 0.1) is 32.4 Å². The van der Waals surface area contributed by atoms with Crippen LogP contribution in [0.2, 0.25) is 0 Å². The van der Waals surface area contributed by atoms with E-state index in [4.69, 9.17) is 9.47 Å². The Kier molecular flexibility index (Phi) is 5.59. The molecular formula is C20H24N4O5. The van der Waals surface area contributed by atoms with Crippen LogP contribution in [0.5, 0.6) is 0 Å². The molecule has 29 heavy (non-hydrogen) atoms. The lowest BCUT2D eigenvalue weighted by molar-refractivity contribution is -0.137. The highest BCUT2D eigenvalue weighted by atomic mass is 16.6. The molecule has 2 fully saturated rings. The minimum atomic E-state index is -0.600. The summed E-state index contributed by atoms with van der Waals surface area (Å²) in [6, 6.07) is 7.89. The molecule has 2 aromatic rings. The molecule has 2 saturated heterocycles. The number of ether oxygens (including phenoxy) is 2. The van der Waals surface area contributed by atoms with Gasteiger partial charge in [-0.2, -0.15) is 5.10 Å². The van der Waals surface area contributed by atoms with Crippen LogP contribution in [0.1, 0.15) is 12.8 Å². The predicted molar refractivity (Wildman–Crippen MR) is 103 cm³/mol. The van der Waals surface area contributed by atoms with Crippen LogP contribution in [0.4, 0.5) is 0 Å². The number of hydrogen-bond acceptors (Lipinski definition) is 6. The molecule has 154 valence electrons. The minimum absolute atomic E-state index is 0.0114. The van der Waals surface area contributed by atoms with E-state index in [0.29, 0.717) is 32.8 Å². The maximum absolute atomic E-state index is 12.8. The van der Waals surface area contributed by atoms with Gasteiger partial charge in [0.15, 0.2) is 0 Å². The van der Waals surface area contributed by atoms with Crippen molar-refractivity contribution in [2.24, 2.45) is 0 Å². The molecule has 2 aliphatic rings. The fourth-order valence-electron chi connectivity index (χ4n) is 3.92. The average Bonchev–Trinajstić information content (AvgIpc) is 2.97. The van der Waals surface area contributed by atoms with E-state index in [9.17, 15) is 14.4 Å². The summed E-state index contributed by atoms with van der Waals surface area (Å²) in [6.07, 6.45) is 4.50. The minimum Gasteiger partial charge on any atom is -0.377 e. The summed E-state index contributed by atoms with van der Waals surface area (Å²) in [6.45, 7) is 2.04. The van der Waals surface area contributed by atoms with Gasteiger partial charge in [-0.3, -0.25) is 14.4 Å². The van der Waals surface area contributed by atoms with Gasteiger partial charge >= 0.3 is 0 Å². The molecule has 0 bridgehead atoms. The molecule has 2 aromatic heterocycles. The van der Waals surface area contributed by atoms with Crippen molar-refractivity contribution < 1.29 is 14.3 Å². The second kappa shape index (κ2) is 8.30. The van der Waals surface area contributed by atoms with Crippen molar-refractivity contribution >= 4 is 5.91 Å². The van der Waals surface area contributed by atoms with Crippen LogP contribution in [0.25, 0.3) is 0 Å². The van der Waals surface area contributed by atoms with Crippen LogP contribution in [0.3, 0.4) is 0 Å². The van der Waals surface area contributed by atoms with Crippen molar-refractivity contribution in [3.05, 3.63) is 63.4 Å². The number of hydrogen-bond donors (Lipinski definition) is 0. The highest BCUT2D eigenvalue weighted by molar-refractivity contribution is 5.76. The number of rotatable bonds is 4. The van der Waals surface area contributed by atoms with E-state index in [2.05, 4.69) is 5.10 Å². The van der Waals surface area contributed by atoms with Crippen molar-refractivity contribution in [1.82, 2.24) is 19.2 Å². The van der Waals surface area contributed by atoms with Gasteiger partial charge in [0.25, 0.3) is 11.1 Å². The van der Waals surface area contributed by atoms with E-state index < -0.39 is 5.60 Å². The number of aromatic nitrogens is 3. The highest BCUT2D eigenvalue weighted by Crippen LogP contribution is 2.33. The van der Waals surface area contributed by atoms with Gasteiger partial charge in [0, 0.05) is 31.1 Å². The Balaban J connectivity index is 1.43. The Labute approximate surface area is 167 Å². The lowest BCUT2D eigenvalue weighted by Gasteiger charge is -2.32. The van der Waals surface area contributed by atoms with Crippen molar-refractivity contribution in [2.45, 2.75) is 37.6 Å². The van der Waals surface area contributed by atoms with Gasteiger partial charge in [0.2, 0.25) is 5.91 Å². The fraction of sp³-hybridized carbons (Fsp3) is 0.500. The fourth-order valence-corrected chi connectivity index (χ4v) is 3.92. The maximum Gasteiger partial charge on any atom is 0.266 e. The first kappa shape index (κ1) is 19.5. The van der Waals surface area contributed by atoms with Gasteiger partial charge in [-0.15, -0.1) is 0 Å². The zero-order valence-corrected chi connectivity index (χ0v) is 16.1. The molecular weight excluding hydrogens is 376 g/mol. The van der Waals surface area contributed by atoms with Gasteiger partial charge in [-0.05, 0) is 25.0 Å². The van der Waals surface area contributed by atoms with Gasteiger partial charge in [-0.1, -0.05) is 6.07 Å². The molecule has 1 spiro atoms. The quantitative estimate of drug-likeness (QED) is 0.710. The largest absolute Gasteiger partial charge is 0.377 e. The first-order valence-electron chi connectivity index (χ1n) is 9.76. The van der Waals surface area contributed by atoms with Crippen molar-refractivity contribution in [1.29, 1.82) is 0 Å². The van der Waals surface area contributed by atoms with Gasteiger partial charge < -0.3 is 18.9 Å². The van der Waals surface area contributed by atoms with Gasteiger partial charge in [-0.25, -0.2) is 4.68 Å². The third-order valence-corrected chi connectivity index (χ3v) is 5.41. The molecule has 4 heterocycles. The predicted octanol–water partition coefficient (Wildman–Crippen LogP) is -0.118. The SMILES string of the molecule is O=C(Cn1ccccc1=O)N1CCOCC2(CCC(Cn3ncccc3=O)O2)C1. The number of nitrogens with zero attached hydrogens (tertiary/aromatic N) is 4. The van der Waals surface area contributed by atoms with E-state index in [1.807, 2.05) is 0 Å². The molecule has 2 unspecified atom stereocenters. The van der Waals surface area contributed by atoms with E-state index in [-0.39, 0.29) is 29.7 Å². The lowest BCUT2D eigenvalue weighted by Crippen LogP contribution is -2.48. The van der Waals surface area contributed by atoms with Crippen molar-refractivity contribution in [3.8, 4) is 0 Å². The summed E-state index contributed by atoms with van der Waals surface area (Å²) in [4.78, 5) is 38.4. The highest BCUT2D eigenvalue weighted by Gasteiger charge is 2.44. The monoisotopic (exact) mass is 400 g/mol. The van der Waals surface area contributed by atoms with Gasteiger partial charge in [0.1, 0.15) is 12.1 Å². The first-order chi connectivity index (χ1) is 14.0. The Hall–Kier alpha value is -2.78. The van der Waals surface area contributed by atoms with Crippen LogP contribution in [-0.2, 0) is 27.4 Å². The lowest BCUT2D eigenvalue weighted by atomic mass is 10.00. The molecule has 4 rings (SSSR count). The van der Waals surface area contributed by atoms with E-state index >= 15 is 0 Å². The van der Waals surface area contributed by atoms with Crippen LogP contribution in [0, 0.1) is 0 Å². The number of amides is 1. The van der Waals surface area contributed by atoms with Crippen LogP contribution in [-0.4, -0.2) is 63.2 Å². The third-order valence-electron chi connectivity index (χ3n) is 5.41. The van der Waals surface area contributed by atoms with Crippen molar-refractivity contribution in [2.75, 3.05) is 26.3 Å². The molecule has 0 aliphatic carbocycles. The van der Waals surface area contributed by atoms with Crippen LogP contribution < -0.4 is 11.1 Å². The second-order valence-electron chi connectivity index (χ2n) is 7.54. The van der Waals surface area contributed by atoms with E-state index in [1.165, 1.54) is 21.4 Å². The Morgan fingerprint density at radius 2 is 2.07 bits per heavy atom. The molecule has 2 aliphatic heterocycles. The van der Waals surface area contributed by atoms with E-state index in [1.54, 1.807) is 35.5 Å². The molecule has 2 atom stereocenters. The third kappa shape index (κ3) is 4.46. The summed E-state index contributed by atoms with van der Waals surface area (Å²) in [5, 5.41) is 4.09. The average molecular weight is 400 g/mol. The van der Waals surface area contributed by atoms with Crippen LogP contribution >= 0.6 is 0 Å². The smallest absolute Gasteiger partial charge is 0.266 e. The summed E-state index contributed by atoms with van der Waals surface area (Å²) in [7, 11) is 0. The molecule has 0 saturated carbocycles. The standard InChI is InChI=1S/C20H24N4O5/c25-17-4-1-2-9-22(17)13-19(27)23-10-11-28-15-20(14-23)7-6-16(29-20)12-24-18(26)5-3-8-21-24/h1-5,8-9,16H,6-7,10-15H2. The summed E-state index contributed by atoms with van der Waals surface area (Å²) < 4.78 is 14.8. The van der Waals surface area contributed by atoms with Crippen LogP contribution in [0.15, 0.2) is 52.3 Å². The Bertz CT molecular complexity index is 987. The summed E-state index contributed by atoms with van der Waals surface area (Å²) in [5.41, 5.74) is -0.976. The molecule has 0 radical (unpaired) electrons. The molecule has 9 heteroatoms. The number of pyridine rings is 1. The second-order valence-corrected chi connectivity index (χ2v) is 7.54. The zero-order chi connectivity index (χ0) is 20.3.